The van der Waals surface area contributed by atoms with Gasteiger partial charge in [0, 0.05) is 12.7 Å². The van der Waals surface area contributed by atoms with Crippen LogP contribution in [0.25, 0.3) is 0 Å². The summed E-state index contributed by atoms with van der Waals surface area (Å²) < 4.78 is 33.1. The first-order valence-electron chi connectivity index (χ1n) is 6.47. The summed E-state index contributed by atoms with van der Waals surface area (Å²) in [6.07, 6.45) is 3.10. The van der Waals surface area contributed by atoms with Crippen molar-refractivity contribution >= 4 is 21.9 Å². The first-order valence-corrected chi connectivity index (χ1v) is 7.91. The number of carboxylic acids is 1. The maximum Gasteiger partial charge on any atom is 0.322 e. The number of carbonyl (C=O) groups is 1. The van der Waals surface area contributed by atoms with Crippen LogP contribution in [0, 0.1) is 0 Å². The number of nitrogens with one attached hydrogen (secondary N) is 1. The summed E-state index contributed by atoms with van der Waals surface area (Å²) in [4.78, 5) is 15.1. The zero-order valence-corrected chi connectivity index (χ0v) is 12.3. The lowest BCUT2D eigenvalue weighted by Gasteiger charge is -2.31. The van der Waals surface area contributed by atoms with E-state index in [2.05, 4.69) is 9.71 Å². The minimum Gasteiger partial charge on any atom is -0.480 e. The number of hydrogen-bond acceptors (Lipinski definition) is 5. The van der Waals surface area contributed by atoms with E-state index in [1.165, 1.54) is 19.4 Å². The Bertz CT molecular complexity index is 619. The molecule has 8 nitrogen and oxygen atoms in total. The number of pyridine rings is 1. The van der Waals surface area contributed by atoms with Gasteiger partial charge >= 0.3 is 16.2 Å². The molecular formula is C12H17N3O5S. The van der Waals surface area contributed by atoms with Crippen molar-refractivity contribution < 1.29 is 23.1 Å². The molecule has 2 heterocycles. The first kappa shape index (κ1) is 15.5. The van der Waals surface area contributed by atoms with Crippen LogP contribution in [0.4, 0.5) is 5.69 Å². The Hall–Kier alpha value is -1.87. The lowest BCUT2D eigenvalue weighted by atomic mass is 10.1. The van der Waals surface area contributed by atoms with Crippen LogP contribution < -0.4 is 9.46 Å². The molecule has 0 radical (unpaired) electrons. The quantitative estimate of drug-likeness (QED) is 0.827. The van der Waals surface area contributed by atoms with Crippen molar-refractivity contribution in [1.82, 2.24) is 9.29 Å². The van der Waals surface area contributed by atoms with Crippen molar-refractivity contribution in [3.63, 3.8) is 0 Å². The summed E-state index contributed by atoms with van der Waals surface area (Å²) in [5.74, 6) is -1.01. The Morgan fingerprint density at radius 3 is 2.95 bits per heavy atom. The average molecular weight is 315 g/mol. The largest absolute Gasteiger partial charge is 0.480 e. The van der Waals surface area contributed by atoms with Gasteiger partial charge in [0.05, 0.1) is 7.11 Å². The maximum atomic E-state index is 12.4. The van der Waals surface area contributed by atoms with E-state index in [0.29, 0.717) is 19.3 Å². The zero-order chi connectivity index (χ0) is 15.5. The molecule has 21 heavy (non-hydrogen) atoms. The van der Waals surface area contributed by atoms with E-state index in [-0.39, 0.29) is 18.1 Å². The summed E-state index contributed by atoms with van der Waals surface area (Å²) in [7, 11) is -2.60. The third-order valence-electron chi connectivity index (χ3n) is 3.25. The SMILES string of the molecule is COc1ncccc1NS(=O)(=O)N1CCCCC1C(=O)O. The molecule has 1 fully saturated rings. The second kappa shape index (κ2) is 6.27. The van der Waals surface area contributed by atoms with Gasteiger partial charge in [0.2, 0.25) is 5.88 Å². The van der Waals surface area contributed by atoms with E-state index in [1.807, 2.05) is 0 Å². The van der Waals surface area contributed by atoms with Gasteiger partial charge in [-0.2, -0.15) is 12.7 Å². The van der Waals surface area contributed by atoms with Gasteiger partial charge in [-0.3, -0.25) is 9.52 Å². The molecule has 1 unspecified atom stereocenters. The minimum atomic E-state index is -3.98. The number of rotatable bonds is 5. The highest BCUT2D eigenvalue weighted by molar-refractivity contribution is 7.90. The molecule has 2 rings (SSSR count). The smallest absolute Gasteiger partial charge is 0.322 e. The van der Waals surface area contributed by atoms with Gasteiger partial charge in [-0.25, -0.2) is 4.98 Å². The van der Waals surface area contributed by atoms with Gasteiger partial charge in [-0.15, -0.1) is 0 Å². The molecule has 0 aromatic carbocycles. The van der Waals surface area contributed by atoms with E-state index in [0.717, 1.165) is 4.31 Å². The van der Waals surface area contributed by atoms with E-state index < -0.39 is 22.2 Å². The number of aliphatic carboxylic acids is 1. The Morgan fingerprint density at radius 2 is 2.29 bits per heavy atom. The highest BCUT2D eigenvalue weighted by Gasteiger charge is 2.37. The predicted molar refractivity (Wildman–Crippen MR) is 75.3 cm³/mol. The highest BCUT2D eigenvalue weighted by atomic mass is 32.2. The Morgan fingerprint density at radius 1 is 1.52 bits per heavy atom. The van der Waals surface area contributed by atoms with Crippen LogP contribution in [-0.2, 0) is 15.0 Å². The average Bonchev–Trinajstić information content (AvgIpc) is 2.47. The van der Waals surface area contributed by atoms with Gasteiger partial charge in [0.25, 0.3) is 0 Å². The van der Waals surface area contributed by atoms with Crippen molar-refractivity contribution in [2.24, 2.45) is 0 Å². The second-order valence-corrected chi connectivity index (χ2v) is 6.25. The molecule has 0 aliphatic carbocycles. The molecule has 0 amide bonds. The third kappa shape index (κ3) is 3.42. The van der Waals surface area contributed by atoms with Gasteiger partial charge in [0.15, 0.2) is 0 Å². The fourth-order valence-electron chi connectivity index (χ4n) is 2.27. The highest BCUT2D eigenvalue weighted by Crippen LogP contribution is 2.25. The number of aromatic nitrogens is 1. The van der Waals surface area contributed by atoms with Gasteiger partial charge in [-0.1, -0.05) is 0 Å². The van der Waals surface area contributed by atoms with Crippen molar-refractivity contribution in [3.05, 3.63) is 18.3 Å². The molecule has 9 heteroatoms. The van der Waals surface area contributed by atoms with Crippen LogP contribution in [0.3, 0.4) is 0 Å². The van der Waals surface area contributed by atoms with Crippen LogP contribution in [-0.4, -0.2) is 48.5 Å². The molecule has 2 N–H and O–H groups in total. The monoisotopic (exact) mass is 315 g/mol. The molecule has 0 saturated carbocycles. The summed E-state index contributed by atoms with van der Waals surface area (Å²) in [6.45, 7) is 0.175. The van der Waals surface area contributed by atoms with Crippen LogP contribution in [0.2, 0.25) is 0 Å². The van der Waals surface area contributed by atoms with Crippen LogP contribution in [0.5, 0.6) is 5.88 Å². The number of nitrogens with zero attached hydrogens (tertiary/aromatic N) is 2. The maximum absolute atomic E-state index is 12.4. The third-order valence-corrected chi connectivity index (χ3v) is 4.78. The summed E-state index contributed by atoms with van der Waals surface area (Å²) >= 11 is 0. The number of anilines is 1. The number of methoxy groups -OCH3 is 1. The fraction of sp³-hybridized carbons (Fsp3) is 0.500. The standard InChI is InChI=1S/C12H17N3O5S/c1-20-11-9(5-4-7-13-11)14-21(18,19)15-8-3-2-6-10(15)12(16)17/h4-5,7,10,14H,2-3,6,8H2,1H3,(H,16,17). The van der Waals surface area contributed by atoms with Crippen LogP contribution in [0.1, 0.15) is 19.3 Å². The number of hydrogen-bond donors (Lipinski definition) is 2. The molecule has 1 aliphatic rings. The minimum absolute atomic E-state index is 0.130. The van der Waals surface area contributed by atoms with E-state index in [9.17, 15) is 13.2 Å². The molecule has 0 spiro atoms. The molecule has 1 aliphatic heterocycles. The van der Waals surface area contributed by atoms with Crippen LogP contribution in [0.15, 0.2) is 18.3 Å². The van der Waals surface area contributed by atoms with Crippen molar-refractivity contribution in [2.45, 2.75) is 25.3 Å². The zero-order valence-electron chi connectivity index (χ0n) is 11.5. The van der Waals surface area contributed by atoms with E-state index >= 15 is 0 Å². The topological polar surface area (TPSA) is 109 Å². The Balaban J connectivity index is 2.26. The first-order chi connectivity index (χ1) is 9.95. The fourth-order valence-corrected chi connectivity index (χ4v) is 3.72. The molecule has 1 atom stereocenters. The second-order valence-electron chi connectivity index (χ2n) is 4.63. The lowest BCUT2D eigenvalue weighted by molar-refractivity contribution is -0.142. The van der Waals surface area contributed by atoms with Gasteiger partial charge in [0.1, 0.15) is 11.7 Å². The summed E-state index contributed by atoms with van der Waals surface area (Å²) in [5.41, 5.74) is 0.176. The Kier molecular flexibility index (Phi) is 4.63. The molecule has 0 bridgehead atoms. The van der Waals surface area contributed by atoms with Gasteiger partial charge in [-0.05, 0) is 31.4 Å². The molecule has 116 valence electrons. The lowest BCUT2D eigenvalue weighted by Crippen LogP contribution is -2.49. The molecule has 1 aromatic heterocycles. The number of ether oxygens (including phenoxy) is 1. The predicted octanol–water partition coefficient (Wildman–Crippen LogP) is 0.686. The van der Waals surface area contributed by atoms with E-state index in [4.69, 9.17) is 9.84 Å². The van der Waals surface area contributed by atoms with Crippen molar-refractivity contribution in [2.75, 3.05) is 18.4 Å². The molecular weight excluding hydrogens is 298 g/mol. The van der Waals surface area contributed by atoms with E-state index in [1.54, 1.807) is 6.07 Å². The molecule has 1 aromatic rings. The molecule has 1 saturated heterocycles. The van der Waals surface area contributed by atoms with Crippen molar-refractivity contribution in [1.29, 1.82) is 0 Å². The van der Waals surface area contributed by atoms with Crippen molar-refractivity contribution in [3.8, 4) is 5.88 Å². The normalized spacial score (nSPS) is 20.0. The number of carboxylic acid groups (broad SMARTS) is 1. The summed E-state index contributed by atoms with van der Waals surface area (Å²) in [5, 5.41) is 9.17. The van der Waals surface area contributed by atoms with Gasteiger partial charge < -0.3 is 9.84 Å². The summed E-state index contributed by atoms with van der Waals surface area (Å²) in [6, 6.07) is 2.02. The van der Waals surface area contributed by atoms with Crippen LogP contribution >= 0.6 is 0 Å². The number of piperidine rings is 1. The Labute approximate surface area is 122 Å².